The van der Waals surface area contributed by atoms with Gasteiger partial charge >= 0.3 is 0 Å². The van der Waals surface area contributed by atoms with Crippen molar-refractivity contribution in [2.75, 3.05) is 6.61 Å². The van der Waals surface area contributed by atoms with E-state index in [4.69, 9.17) is 0 Å². The van der Waals surface area contributed by atoms with Crippen LogP contribution in [0.4, 0.5) is 0 Å². The van der Waals surface area contributed by atoms with Crippen molar-refractivity contribution < 1.29 is 9.90 Å². The second kappa shape index (κ2) is 5.72. The second-order valence-electron chi connectivity index (χ2n) is 5.23. The number of halogens is 1. The number of hydrogen-bond donors (Lipinski definition) is 2. The molecule has 1 saturated carbocycles. The molecule has 0 aliphatic heterocycles. The molecule has 3 nitrogen and oxygen atoms in total. The molecule has 1 aliphatic carbocycles. The van der Waals surface area contributed by atoms with Crippen molar-refractivity contribution in [2.24, 2.45) is 5.92 Å². The van der Waals surface area contributed by atoms with Gasteiger partial charge in [-0.15, -0.1) is 11.3 Å². The quantitative estimate of drug-likeness (QED) is 0.893. The third-order valence-corrected chi connectivity index (χ3v) is 5.11. The van der Waals surface area contributed by atoms with Crippen LogP contribution in [-0.2, 0) is 0 Å². The van der Waals surface area contributed by atoms with Gasteiger partial charge in [-0.3, -0.25) is 4.79 Å². The summed E-state index contributed by atoms with van der Waals surface area (Å²) >= 11 is 4.85. The number of amides is 1. The summed E-state index contributed by atoms with van der Waals surface area (Å²) < 4.78 is 0.947. The summed E-state index contributed by atoms with van der Waals surface area (Å²) in [7, 11) is 0. The lowest BCUT2D eigenvalue weighted by atomic mass is 9.76. The first-order chi connectivity index (χ1) is 8.54. The van der Waals surface area contributed by atoms with Gasteiger partial charge in [-0.05, 0) is 40.8 Å². The third-order valence-electron chi connectivity index (χ3n) is 3.60. The topological polar surface area (TPSA) is 49.3 Å². The van der Waals surface area contributed by atoms with Gasteiger partial charge < -0.3 is 10.4 Å². The summed E-state index contributed by atoms with van der Waals surface area (Å²) in [5.74, 6) is 0.473. The molecule has 0 saturated heterocycles. The van der Waals surface area contributed by atoms with Crippen LogP contribution in [0.3, 0.4) is 0 Å². The second-order valence-corrected chi connectivity index (χ2v) is 7.52. The van der Waals surface area contributed by atoms with Gasteiger partial charge in [0.15, 0.2) is 0 Å². The zero-order valence-corrected chi connectivity index (χ0v) is 12.8. The van der Waals surface area contributed by atoms with Gasteiger partial charge in [0.05, 0.1) is 21.5 Å². The smallest absolute Gasteiger partial charge is 0.252 e. The Bertz CT molecular complexity index is 434. The molecular weight excluding hydrogens is 314 g/mol. The number of aliphatic hydroxyl groups is 1. The molecule has 1 amide bonds. The van der Waals surface area contributed by atoms with Crippen molar-refractivity contribution in [2.45, 2.75) is 38.1 Å². The van der Waals surface area contributed by atoms with E-state index < -0.39 is 5.54 Å². The maximum Gasteiger partial charge on any atom is 0.252 e. The number of thiophene rings is 1. The Balaban J connectivity index is 2.08. The predicted molar refractivity (Wildman–Crippen MR) is 76.9 cm³/mol. The molecule has 18 heavy (non-hydrogen) atoms. The van der Waals surface area contributed by atoms with Crippen LogP contribution < -0.4 is 5.32 Å². The summed E-state index contributed by atoms with van der Waals surface area (Å²) in [6.07, 6.45) is 3.97. The van der Waals surface area contributed by atoms with E-state index in [2.05, 4.69) is 28.2 Å². The molecule has 0 aromatic carbocycles. The largest absolute Gasteiger partial charge is 0.394 e. The lowest BCUT2D eigenvalue weighted by Gasteiger charge is -2.39. The molecule has 1 heterocycles. The van der Waals surface area contributed by atoms with Crippen molar-refractivity contribution in [3.63, 3.8) is 0 Å². The highest BCUT2D eigenvalue weighted by molar-refractivity contribution is 9.11. The van der Waals surface area contributed by atoms with Crippen LogP contribution in [0.25, 0.3) is 0 Å². The lowest BCUT2D eigenvalue weighted by molar-refractivity contribution is 0.0697. The number of nitrogens with one attached hydrogen (secondary N) is 1. The first kappa shape index (κ1) is 14.0. The summed E-state index contributed by atoms with van der Waals surface area (Å²) in [6.45, 7) is 2.20. The minimum Gasteiger partial charge on any atom is -0.394 e. The van der Waals surface area contributed by atoms with E-state index in [1.807, 2.05) is 11.4 Å². The normalized spacial score (nSPS) is 28.1. The minimum absolute atomic E-state index is 0.0222. The van der Waals surface area contributed by atoms with Gasteiger partial charge in [-0.25, -0.2) is 0 Å². The zero-order chi connectivity index (χ0) is 13.2. The molecule has 5 heteroatoms. The van der Waals surface area contributed by atoms with Crippen molar-refractivity contribution in [3.05, 3.63) is 20.8 Å². The molecule has 2 unspecified atom stereocenters. The monoisotopic (exact) mass is 331 g/mol. The van der Waals surface area contributed by atoms with Crippen molar-refractivity contribution >= 4 is 33.2 Å². The molecule has 1 aromatic heterocycles. The Morgan fingerprint density at radius 2 is 2.50 bits per heavy atom. The third kappa shape index (κ3) is 3.13. The molecule has 2 rings (SSSR count). The molecule has 0 spiro atoms. The Kier molecular flexibility index (Phi) is 4.45. The number of aliphatic hydroxyl groups excluding tert-OH is 1. The molecule has 0 bridgehead atoms. The van der Waals surface area contributed by atoms with Crippen LogP contribution in [0.15, 0.2) is 15.2 Å². The minimum atomic E-state index is -0.427. The predicted octanol–water partition coefficient (Wildman–Crippen LogP) is 3.18. The molecular formula is C13H18BrNO2S. The van der Waals surface area contributed by atoms with E-state index in [-0.39, 0.29) is 12.5 Å². The van der Waals surface area contributed by atoms with Crippen LogP contribution >= 0.6 is 27.3 Å². The van der Waals surface area contributed by atoms with Gasteiger partial charge in [0.2, 0.25) is 0 Å². The standard InChI is InChI=1S/C13H18BrNO2S/c1-9-3-2-4-13(6-9,8-16)15-12(17)10-5-11(14)18-7-10/h5,7,9,16H,2-4,6,8H2,1H3,(H,15,17). The zero-order valence-electron chi connectivity index (χ0n) is 10.4. The first-order valence-electron chi connectivity index (χ1n) is 6.22. The van der Waals surface area contributed by atoms with E-state index >= 15 is 0 Å². The Hall–Kier alpha value is -0.390. The molecule has 2 N–H and O–H groups in total. The molecule has 100 valence electrons. The fourth-order valence-corrected chi connectivity index (χ4v) is 3.84. The summed E-state index contributed by atoms with van der Waals surface area (Å²) in [5, 5.41) is 14.5. The highest BCUT2D eigenvalue weighted by Gasteiger charge is 2.36. The Morgan fingerprint density at radius 3 is 3.06 bits per heavy atom. The number of carbonyl (C=O) groups is 1. The van der Waals surface area contributed by atoms with Gasteiger partial charge in [0.25, 0.3) is 5.91 Å². The molecule has 2 atom stereocenters. The van der Waals surface area contributed by atoms with E-state index in [9.17, 15) is 9.90 Å². The number of hydrogen-bond acceptors (Lipinski definition) is 3. The Morgan fingerprint density at radius 1 is 1.72 bits per heavy atom. The van der Waals surface area contributed by atoms with Crippen LogP contribution in [0.1, 0.15) is 43.0 Å². The van der Waals surface area contributed by atoms with Crippen LogP contribution in [0.5, 0.6) is 0 Å². The Labute approximate surface area is 120 Å². The number of carbonyl (C=O) groups excluding carboxylic acids is 1. The first-order valence-corrected chi connectivity index (χ1v) is 7.89. The fraction of sp³-hybridized carbons (Fsp3) is 0.615. The van der Waals surface area contributed by atoms with Gasteiger partial charge in [0, 0.05) is 5.38 Å². The number of rotatable bonds is 3. The fourth-order valence-electron chi connectivity index (χ4n) is 2.70. The molecule has 1 aliphatic rings. The van der Waals surface area contributed by atoms with Crippen molar-refractivity contribution in [3.8, 4) is 0 Å². The van der Waals surface area contributed by atoms with Gasteiger partial charge in [-0.2, -0.15) is 0 Å². The maximum atomic E-state index is 12.2. The highest BCUT2D eigenvalue weighted by atomic mass is 79.9. The average Bonchev–Trinajstić information content (AvgIpc) is 2.76. The van der Waals surface area contributed by atoms with Crippen molar-refractivity contribution in [1.29, 1.82) is 0 Å². The summed E-state index contributed by atoms with van der Waals surface area (Å²) in [5.41, 5.74) is 0.237. The van der Waals surface area contributed by atoms with Gasteiger partial charge in [0.1, 0.15) is 0 Å². The SMILES string of the molecule is CC1CCCC(CO)(NC(=O)c2csc(Br)c2)C1. The molecule has 0 radical (unpaired) electrons. The molecule has 1 aromatic rings. The van der Waals surface area contributed by atoms with Gasteiger partial charge in [-0.1, -0.05) is 19.8 Å². The lowest BCUT2D eigenvalue weighted by Crippen LogP contribution is -2.53. The van der Waals surface area contributed by atoms with Crippen LogP contribution in [0, 0.1) is 5.92 Å². The van der Waals surface area contributed by atoms with E-state index in [0.29, 0.717) is 11.5 Å². The summed E-state index contributed by atoms with van der Waals surface area (Å²) in [4.78, 5) is 12.2. The van der Waals surface area contributed by atoms with Crippen molar-refractivity contribution in [1.82, 2.24) is 5.32 Å². The van der Waals surface area contributed by atoms with E-state index in [1.54, 1.807) is 0 Å². The summed E-state index contributed by atoms with van der Waals surface area (Å²) in [6, 6.07) is 1.82. The molecule has 1 fully saturated rings. The highest BCUT2D eigenvalue weighted by Crippen LogP contribution is 2.32. The maximum absolute atomic E-state index is 12.2. The van der Waals surface area contributed by atoms with E-state index in [1.165, 1.54) is 17.8 Å². The van der Waals surface area contributed by atoms with E-state index in [0.717, 1.165) is 23.0 Å². The average molecular weight is 332 g/mol. The van der Waals surface area contributed by atoms with Crippen LogP contribution in [0.2, 0.25) is 0 Å². The van der Waals surface area contributed by atoms with Crippen LogP contribution in [-0.4, -0.2) is 23.2 Å².